The molecule has 0 aliphatic heterocycles. The third kappa shape index (κ3) is 1.69. The number of rotatable bonds is 1. The van der Waals surface area contributed by atoms with Crippen LogP contribution in [0.3, 0.4) is 0 Å². The van der Waals surface area contributed by atoms with Crippen LogP contribution in [0.25, 0.3) is 10.9 Å². The number of fused-ring (bicyclic) bond motifs is 1. The summed E-state index contributed by atoms with van der Waals surface area (Å²) in [5.41, 5.74) is 1.22. The van der Waals surface area contributed by atoms with Crippen LogP contribution in [0.4, 0.5) is 0 Å². The second kappa shape index (κ2) is 3.89. The second-order valence-electron chi connectivity index (χ2n) is 3.07. The molecule has 0 bridgehead atoms. The molecule has 2 aromatic rings. The molecule has 0 saturated carbocycles. The Morgan fingerprint density at radius 1 is 1.36 bits per heavy atom. The minimum atomic E-state index is 0.760. The minimum absolute atomic E-state index is 0.760. The molecule has 14 heavy (non-hydrogen) atoms. The molecule has 70 valence electrons. The van der Waals surface area contributed by atoms with Gasteiger partial charge in [0.15, 0.2) is 0 Å². The highest BCUT2D eigenvalue weighted by atomic mass is 79.9. The van der Waals surface area contributed by atoms with Gasteiger partial charge in [-0.3, -0.25) is 0 Å². The van der Waals surface area contributed by atoms with Gasteiger partial charge in [-0.05, 0) is 30.5 Å². The fourth-order valence-electron chi connectivity index (χ4n) is 1.46. The Kier molecular flexibility index (Phi) is 2.60. The number of aromatic nitrogens is 1. The molecule has 1 aromatic carbocycles. The Hall–Kier alpha value is -1.20. The van der Waals surface area contributed by atoms with E-state index in [9.17, 15) is 0 Å². The van der Waals surface area contributed by atoms with Crippen molar-refractivity contribution in [3.05, 3.63) is 34.9 Å². The zero-order valence-electron chi connectivity index (χ0n) is 7.92. The van der Waals surface area contributed by atoms with E-state index in [2.05, 4.69) is 62.8 Å². The standard InChI is InChI=1S/C12H10BrN/c1-2-3-7-14-8-6-10-4-5-11(13)9-12(10)14/h4-6,8-9H,7H2,1H3. The zero-order chi connectivity index (χ0) is 9.97. The lowest BCUT2D eigenvalue weighted by Crippen LogP contribution is -1.92. The van der Waals surface area contributed by atoms with Gasteiger partial charge in [0.25, 0.3) is 0 Å². The minimum Gasteiger partial charge on any atom is -0.336 e. The Labute approximate surface area is 91.9 Å². The van der Waals surface area contributed by atoms with Gasteiger partial charge in [0.1, 0.15) is 0 Å². The van der Waals surface area contributed by atoms with Crippen molar-refractivity contribution < 1.29 is 0 Å². The molecule has 1 heterocycles. The number of nitrogens with zero attached hydrogens (tertiary/aromatic N) is 1. The monoisotopic (exact) mass is 247 g/mol. The topological polar surface area (TPSA) is 4.93 Å². The number of hydrogen-bond donors (Lipinski definition) is 0. The number of hydrogen-bond acceptors (Lipinski definition) is 0. The first-order valence-corrected chi connectivity index (χ1v) is 5.24. The Morgan fingerprint density at radius 3 is 3.00 bits per heavy atom. The summed E-state index contributed by atoms with van der Waals surface area (Å²) in [4.78, 5) is 0. The van der Waals surface area contributed by atoms with Crippen LogP contribution >= 0.6 is 15.9 Å². The van der Waals surface area contributed by atoms with E-state index in [4.69, 9.17) is 0 Å². The van der Waals surface area contributed by atoms with E-state index in [0.717, 1.165) is 11.0 Å². The van der Waals surface area contributed by atoms with Crippen LogP contribution in [-0.2, 0) is 6.54 Å². The molecule has 0 atom stereocenters. The molecule has 0 saturated heterocycles. The molecule has 1 nitrogen and oxygen atoms in total. The smallest absolute Gasteiger partial charge is 0.0837 e. The van der Waals surface area contributed by atoms with E-state index in [0.29, 0.717) is 0 Å². The Morgan fingerprint density at radius 2 is 2.21 bits per heavy atom. The molecule has 0 radical (unpaired) electrons. The highest BCUT2D eigenvalue weighted by Crippen LogP contribution is 2.20. The van der Waals surface area contributed by atoms with Crippen molar-refractivity contribution in [1.82, 2.24) is 4.57 Å². The van der Waals surface area contributed by atoms with Crippen molar-refractivity contribution in [3.63, 3.8) is 0 Å². The van der Waals surface area contributed by atoms with Gasteiger partial charge in [-0.2, -0.15) is 0 Å². The van der Waals surface area contributed by atoms with Gasteiger partial charge in [-0.1, -0.05) is 27.9 Å². The maximum absolute atomic E-state index is 3.47. The first-order valence-electron chi connectivity index (χ1n) is 4.45. The molecule has 0 N–H and O–H groups in total. The van der Waals surface area contributed by atoms with E-state index in [-0.39, 0.29) is 0 Å². The van der Waals surface area contributed by atoms with Crippen LogP contribution in [0.2, 0.25) is 0 Å². The molecule has 0 aliphatic carbocycles. The fourth-order valence-corrected chi connectivity index (χ4v) is 1.81. The molecule has 2 rings (SSSR count). The average Bonchev–Trinajstić information content (AvgIpc) is 2.57. The largest absolute Gasteiger partial charge is 0.336 e. The van der Waals surface area contributed by atoms with Crippen molar-refractivity contribution in [1.29, 1.82) is 0 Å². The van der Waals surface area contributed by atoms with Crippen molar-refractivity contribution in [3.8, 4) is 11.8 Å². The lowest BCUT2D eigenvalue weighted by atomic mass is 10.2. The Bertz CT molecular complexity index is 514. The lowest BCUT2D eigenvalue weighted by Gasteiger charge is -1.99. The Balaban J connectivity index is 2.53. The van der Waals surface area contributed by atoms with Crippen LogP contribution in [0.5, 0.6) is 0 Å². The van der Waals surface area contributed by atoms with Crippen molar-refractivity contribution in [2.45, 2.75) is 13.5 Å². The highest BCUT2D eigenvalue weighted by Gasteiger charge is 1.99. The fraction of sp³-hybridized carbons (Fsp3) is 0.167. The molecule has 2 heteroatoms. The SMILES string of the molecule is CC#CCn1ccc2ccc(Br)cc21. The van der Waals surface area contributed by atoms with E-state index in [1.807, 2.05) is 6.92 Å². The summed E-state index contributed by atoms with van der Waals surface area (Å²) in [5.74, 6) is 5.96. The summed E-state index contributed by atoms with van der Waals surface area (Å²) in [5, 5.41) is 1.26. The molecule has 0 fully saturated rings. The van der Waals surface area contributed by atoms with Crippen molar-refractivity contribution in [2.24, 2.45) is 0 Å². The molecule has 0 spiro atoms. The van der Waals surface area contributed by atoms with Crippen LogP contribution < -0.4 is 0 Å². The maximum Gasteiger partial charge on any atom is 0.0837 e. The van der Waals surface area contributed by atoms with Gasteiger partial charge in [-0.15, -0.1) is 5.92 Å². The van der Waals surface area contributed by atoms with E-state index < -0.39 is 0 Å². The molecule has 0 unspecified atom stereocenters. The maximum atomic E-state index is 3.47. The molecule has 0 aliphatic rings. The zero-order valence-corrected chi connectivity index (χ0v) is 9.51. The normalized spacial score (nSPS) is 9.86. The molecule has 1 aromatic heterocycles. The van der Waals surface area contributed by atoms with Crippen LogP contribution in [0.1, 0.15) is 6.92 Å². The van der Waals surface area contributed by atoms with E-state index >= 15 is 0 Å². The summed E-state index contributed by atoms with van der Waals surface area (Å²) in [7, 11) is 0. The average molecular weight is 248 g/mol. The van der Waals surface area contributed by atoms with Crippen molar-refractivity contribution in [2.75, 3.05) is 0 Å². The number of halogens is 1. The molecular formula is C12H10BrN. The van der Waals surface area contributed by atoms with Crippen LogP contribution in [-0.4, -0.2) is 4.57 Å². The third-order valence-electron chi connectivity index (χ3n) is 2.16. The summed E-state index contributed by atoms with van der Waals surface area (Å²) in [6.07, 6.45) is 2.07. The lowest BCUT2D eigenvalue weighted by molar-refractivity contribution is 0.885. The predicted octanol–water partition coefficient (Wildman–Crippen LogP) is 3.43. The van der Waals surface area contributed by atoms with Crippen molar-refractivity contribution >= 4 is 26.8 Å². The van der Waals surface area contributed by atoms with Gasteiger partial charge >= 0.3 is 0 Å². The van der Waals surface area contributed by atoms with E-state index in [1.54, 1.807) is 0 Å². The summed E-state index contributed by atoms with van der Waals surface area (Å²) in [6.45, 7) is 2.62. The highest BCUT2D eigenvalue weighted by molar-refractivity contribution is 9.10. The van der Waals surface area contributed by atoms with E-state index in [1.165, 1.54) is 10.9 Å². The molecule has 0 amide bonds. The first kappa shape index (κ1) is 9.36. The van der Waals surface area contributed by atoms with Gasteiger partial charge in [-0.25, -0.2) is 0 Å². The summed E-state index contributed by atoms with van der Waals surface area (Å²) >= 11 is 3.47. The summed E-state index contributed by atoms with van der Waals surface area (Å²) in [6, 6.07) is 8.39. The van der Waals surface area contributed by atoms with Gasteiger partial charge in [0, 0.05) is 16.2 Å². The van der Waals surface area contributed by atoms with Gasteiger partial charge in [0.2, 0.25) is 0 Å². The van der Waals surface area contributed by atoms with Crippen LogP contribution in [0.15, 0.2) is 34.9 Å². The van der Waals surface area contributed by atoms with Gasteiger partial charge in [0.05, 0.1) is 6.54 Å². The summed E-state index contributed by atoms with van der Waals surface area (Å²) < 4.78 is 3.26. The van der Waals surface area contributed by atoms with Gasteiger partial charge < -0.3 is 4.57 Å². The second-order valence-corrected chi connectivity index (χ2v) is 3.99. The quantitative estimate of drug-likeness (QED) is 0.681. The first-order chi connectivity index (χ1) is 6.81. The predicted molar refractivity (Wildman–Crippen MR) is 63.1 cm³/mol. The van der Waals surface area contributed by atoms with Crippen LogP contribution in [0, 0.1) is 11.8 Å². The molecular weight excluding hydrogens is 238 g/mol. The number of benzene rings is 1. The third-order valence-corrected chi connectivity index (χ3v) is 2.66.